The Balaban J connectivity index is 1.53. The number of aromatic amines is 1. The first-order valence-corrected chi connectivity index (χ1v) is 10.6. The lowest BCUT2D eigenvalue weighted by Gasteiger charge is -2.36. The van der Waals surface area contributed by atoms with E-state index in [9.17, 15) is 0 Å². The van der Waals surface area contributed by atoms with Crippen LogP contribution in [0.3, 0.4) is 0 Å². The fourth-order valence-corrected chi connectivity index (χ4v) is 4.50. The van der Waals surface area contributed by atoms with Gasteiger partial charge >= 0.3 is 0 Å². The van der Waals surface area contributed by atoms with Crippen LogP contribution in [0.15, 0.2) is 42.7 Å². The second-order valence-corrected chi connectivity index (χ2v) is 8.41. The number of nitrogens with zero attached hydrogens (tertiary/aromatic N) is 5. The smallest absolute Gasteiger partial charge is 0.160 e. The zero-order valence-electron chi connectivity index (χ0n) is 18.2. The van der Waals surface area contributed by atoms with E-state index in [1.807, 2.05) is 18.3 Å². The Morgan fingerprint density at radius 3 is 2.35 bits per heavy atom. The van der Waals surface area contributed by atoms with E-state index < -0.39 is 0 Å². The van der Waals surface area contributed by atoms with Gasteiger partial charge in [-0.1, -0.05) is 0 Å². The molecule has 0 spiro atoms. The van der Waals surface area contributed by atoms with Crippen LogP contribution in [0, 0.1) is 13.8 Å². The normalized spacial score (nSPS) is 15.0. The summed E-state index contributed by atoms with van der Waals surface area (Å²) in [5.41, 5.74) is 14.4. The summed E-state index contributed by atoms with van der Waals surface area (Å²) in [7, 11) is 2.19. The van der Waals surface area contributed by atoms with E-state index in [4.69, 9.17) is 5.73 Å². The number of piperazine rings is 1. The molecule has 3 aromatic heterocycles. The maximum atomic E-state index is 5.75. The van der Waals surface area contributed by atoms with E-state index in [1.54, 1.807) is 6.20 Å². The van der Waals surface area contributed by atoms with Crippen LogP contribution in [0.25, 0.3) is 33.4 Å². The Bertz CT molecular complexity index is 1210. The van der Waals surface area contributed by atoms with Gasteiger partial charge in [-0.25, -0.2) is 4.98 Å². The van der Waals surface area contributed by atoms with Gasteiger partial charge < -0.3 is 20.5 Å². The summed E-state index contributed by atoms with van der Waals surface area (Å²) in [6.45, 7) is 8.70. The summed E-state index contributed by atoms with van der Waals surface area (Å²) in [5, 5.41) is 9.95. The lowest BCUT2D eigenvalue weighted by Crippen LogP contribution is -2.45. The van der Waals surface area contributed by atoms with Crippen molar-refractivity contribution in [2.24, 2.45) is 0 Å². The molecule has 7 nitrogen and oxygen atoms in total. The monoisotopic (exact) mass is 413 g/mol. The molecule has 3 N–H and O–H groups in total. The highest BCUT2D eigenvalue weighted by Crippen LogP contribution is 2.33. The van der Waals surface area contributed by atoms with Gasteiger partial charge in [-0.2, -0.15) is 0 Å². The molecule has 0 saturated carbocycles. The highest BCUT2D eigenvalue weighted by molar-refractivity contribution is 5.95. The number of H-pyrrole nitrogens is 1. The average Bonchev–Trinajstić information content (AvgIpc) is 3.18. The summed E-state index contributed by atoms with van der Waals surface area (Å²) < 4.78 is 0. The zero-order valence-corrected chi connectivity index (χ0v) is 18.2. The molecule has 1 aliphatic heterocycles. The molecule has 158 valence electrons. The molecular weight excluding hydrogens is 386 g/mol. The molecule has 4 heterocycles. The number of aryl methyl sites for hydroxylation is 2. The van der Waals surface area contributed by atoms with Gasteiger partial charge in [0.05, 0.1) is 5.69 Å². The number of aromatic nitrogens is 4. The van der Waals surface area contributed by atoms with Gasteiger partial charge in [0.2, 0.25) is 0 Å². The standard InChI is InChI=1S/C24H27N7/c1-15-10-18(11-16(2)23(15)31-8-6-30(3)7-9-31)21-12-19-20(14-27-24(19)29-28-21)17-4-5-22(25)26-13-17/h4-5,10-14H,6-9H2,1-3H3,(H2,25,26)(H,27,29). The predicted molar refractivity (Wildman–Crippen MR) is 126 cm³/mol. The summed E-state index contributed by atoms with van der Waals surface area (Å²) in [5.74, 6) is 0.510. The fourth-order valence-electron chi connectivity index (χ4n) is 4.50. The summed E-state index contributed by atoms with van der Waals surface area (Å²) in [4.78, 5) is 12.3. The van der Waals surface area contributed by atoms with Crippen LogP contribution >= 0.6 is 0 Å². The number of hydrogen-bond donors (Lipinski definition) is 2. The first-order valence-electron chi connectivity index (χ1n) is 10.6. The van der Waals surface area contributed by atoms with Crippen LogP contribution in [-0.4, -0.2) is 58.3 Å². The van der Waals surface area contributed by atoms with E-state index in [-0.39, 0.29) is 0 Å². The topological polar surface area (TPSA) is 87.0 Å². The third-order valence-corrected chi connectivity index (χ3v) is 6.14. The molecular formula is C24H27N7. The maximum Gasteiger partial charge on any atom is 0.160 e. The molecule has 4 aromatic rings. The molecule has 1 fully saturated rings. The van der Waals surface area contributed by atoms with Gasteiger partial charge in [-0.05, 0) is 62.4 Å². The largest absolute Gasteiger partial charge is 0.384 e. The molecule has 5 rings (SSSR count). The Hall–Kier alpha value is -3.45. The summed E-state index contributed by atoms with van der Waals surface area (Å²) >= 11 is 0. The van der Waals surface area contributed by atoms with Gasteiger partial charge in [-0.3, -0.25) is 0 Å². The number of rotatable bonds is 3. The van der Waals surface area contributed by atoms with Gasteiger partial charge in [0, 0.05) is 66.3 Å². The number of benzene rings is 1. The second kappa shape index (κ2) is 7.67. The molecule has 0 amide bonds. The molecule has 1 aliphatic rings. The minimum Gasteiger partial charge on any atom is -0.384 e. The minimum absolute atomic E-state index is 0.510. The van der Waals surface area contributed by atoms with E-state index in [0.717, 1.165) is 59.6 Å². The summed E-state index contributed by atoms with van der Waals surface area (Å²) in [6.07, 6.45) is 3.74. The Kier molecular flexibility index (Phi) is 4.82. The van der Waals surface area contributed by atoms with Crippen molar-refractivity contribution in [3.63, 3.8) is 0 Å². The molecule has 1 saturated heterocycles. The molecule has 0 atom stereocenters. The van der Waals surface area contributed by atoms with Crippen LogP contribution in [0.1, 0.15) is 11.1 Å². The molecule has 0 bridgehead atoms. The number of hydrogen-bond acceptors (Lipinski definition) is 6. The van der Waals surface area contributed by atoms with Crippen LogP contribution in [0.5, 0.6) is 0 Å². The van der Waals surface area contributed by atoms with Crippen molar-refractivity contribution in [1.82, 2.24) is 25.1 Å². The minimum atomic E-state index is 0.510. The number of fused-ring (bicyclic) bond motifs is 1. The van der Waals surface area contributed by atoms with Crippen molar-refractivity contribution in [2.75, 3.05) is 43.9 Å². The SMILES string of the molecule is Cc1cc(-c2cc3c(-c4ccc(N)nc4)c[nH]c3nn2)cc(C)c1N1CCN(C)CC1. The third-order valence-electron chi connectivity index (χ3n) is 6.14. The lowest BCUT2D eigenvalue weighted by molar-refractivity contribution is 0.312. The molecule has 31 heavy (non-hydrogen) atoms. The first kappa shape index (κ1) is 19.5. The number of nitrogen functional groups attached to an aromatic ring is 1. The molecule has 0 radical (unpaired) electrons. The van der Waals surface area contributed by atoms with Gasteiger partial charge in [0.25, 0.3) is 0 Å². The third kappa shape index (κ3) is 3.61. The quantitative estimate of drug-likeness (QED) is 0.533. The van der Waals surface area contributed by atoms with E-state index in [0.29, 0.717) is 5.82 Å². The van der Waals surface area contributed by atoms with E-state index >= 15 is 0 Å². The van der Waals surface area contributed by atoms with Crippen LogP contribution < -0.4 is 10.6 Å². The van der Waals surface area contributed by atoms with Gasteiger partial charge in [-0.15, -0.1) is 10.2 Å². The number of anilines is 2. The van der Waals surface area contributed by atoms with Crippen LogP contribution in [0.2, 0.25) is 0 Å². The van der Waals surface area contributed by atoms with Crippen LogP contribution in [0.4, 0.5) is 11.5 Å². The zero-order chi connectivity index (χ0) is 21.5. The predicted octanol–water partition coefficient (Wildman–Crippen LogP) is 3.64. The van der Waals surface area contributed by atoms with Crippen molar-refractivity contribution in [3.05, 3.63) is 53.9 Å². The summed E-state index contributed by atoms with van der Waals surface area (Å²) in [6, 6.07) is 10.4. The molecule has 7 heteroatoms. The van der Waals surface area contributed by atoms with Crippen molar-refractivity contribution in [3.8, 4) is 22.4 Å². The van der Waals surface area contributed by atoms with Crippen molar-refractivity contribution in [1.29, 1.82) is 0 Å². The number of pyridine rings is 1. The average molecular weight is 414 g/mol. The highest BCUT2D eigenvalue weighted by Gasteiger charge is 2.19. The molecule has 1 aromatic carbocycles. The highest BCUT2D eigenvalue weighted by atomic mass is 15.2. The number of nitrogens with two attached hydrogens (primary N) is 1. The first-order chi connectivity index (χ1) is 15.0. The van der Waals surface area contributed by atoms with E-state index in [1.165, 1.54) is 16.8 Å². The lowest BCUT2D eigenvalue weighted by atomic mass is 9.99. The maximum absolute atomic E-state index is 5.75. The van der Waals surface area contributed by atoms with Crippen molar-refractivity contribution < 1.29 is 0 Å². The second-order valence-electron chi connectivity index (χ2n) is 8.41. The molecule has 0 aliphatic carbocycles. The Morgan fingerprint density at radius 1 is 0.935 bits per heavy atom. The van der Waals surface area contributed by atoms with E-state index in [2.05, 4.69) is 69.1 Å². The van der Waals surface area contributed by atoms with Crippen molar-refractivity contribution in [2.45, 2.75) is 13.8 Å². The Labute approximate surface area is 181 Å². The Morgan fingerprint density at radius 2 is 1.68 bits per heavy atom. The number of nitrogens with one attached hydrogen (secondary N) is 1. The number of likely N-dealkylation sites (N-methyl/N-ethyl adjacent to an activating group) is 1. The van der Waals surface area contributed by atoms with Crippen LogP contribution in [-0.2, 0) is 0 Å². The molecule has 0 unspecified atom stereocenters. The van der Waals surface area contributed by atoms with Gasteiger partial charge in [0.1, 0.15) is 5.82 Å². The van der Waals surface area contributed by atoms with Gasteiger partial charge in [0.15, 0.2) is 5.65 Å². The fraction of sp³-hybridized carbons (Fsp3) is 0.292. The van der Waals surface area contributed by atoms with Crippen molar-refractivity contribution >= 4 is 22.5 Å².